The fraction of sp³-hybridized carbons (Fsp3) is 0.421. The van der Waals surface area contributed by atoms with E-state index < -0.39 is 0 Å². The van der Waals surface area contributed by atoms with Crippen molar-refractivity contribution in [1.82, 2.24) is 24.5 Å². The standard InChI is InChI=1S/C19H21N5O2S/c25-18-16-11-21(6-7-22(16)19(26)17-12-27-13-23(17)18)9-14-8-20-24(10-14)15-4-2-1-3-5-15/h1-5,8,10,16-17H,6-7,9,11-13H2/t16-,17+/m1/s1. The molecule has 0 N–H and O–H groups in total. The molecule has 0 bridgehead atoms. The maximum Gasteiger partial charge on any atom is 0.248 e. The number of nitrogens with zero attached hydrogens (tertiary/aromatic N) is 5. The van der Waals surface area contributed by atoms with Gasteiger partial charge in [0.1, 0.15) is 12.1 Å². The topological polar surface area (TPSA) is 61.7 Å². The van der Waals surface area contributed by atoms with Gasteiger partial charge in [-0.15, -0.1) is 11.8 Å². The van der Waals surface area contributed by atoms with Gasteiger partial charge < -0.3 is 9.80 Å². The largest absolute Gasteiger partial charge is 0.326 e. The third-order valence-corrected chi connectivity index (χ3v) is 6.56. The van der Waals surface area contributed by atoms with Crippen molar-refractivity contribution in [3.8, 4) is 5.69 Å². The van der Waals surface area contributed by atoms with Crippen LogP contribution in [0.3, 0.4) is 0 Å². The maximum absolute atomic E-state index is 12.8. The van der Waals surface area contributed by atoms with Gasteiger partial charge in [0.2, 0.25) is 11.8 Å². The zero-order valence-corrected chi connectivity index (χ0v) is 15.7. The molecule has 1 aromatic heterocycles. The van der Waals surface area contributed by atoms with E-state index in [1.54, 1.807) is 21.6 Å². The molecule has 5 rings (SSSR count). The summed E-state index contributed by atoms with van der Waals surface area (Å²) in [6.45, 7) is 2.73. The van der Waals surface area contributed by atoms with Crippen LogP contribution in [0.4, 0.5) is 0 Å². The summed E-state index contributed by atoms with van der Waals surface area (Å²) in [4.78, 5) is 31.4. The van der Waals surface area contributed by atoms with Crippen molar-refractivity contribution in [2.45, 2.75) is 18.6 Å². The van der Waals surface area contributed by atoms with E-state index in [9.17, 15) is 9.59 Å². The van der Waals surface area contributed by atoms with Crippen molar-refractivity contribution in [2.75, 3.05) is 31.3 Å². The van der Waals surface area contributed by atoms with Gasteiger partial charge in [0.15, 0.2) is 0 Å². The van der Waals surface area contributed by atoms with Crippen LogP contribution in [0.1, 0.15) is 5.56 Å². The molecule has 4 heterocycles. The van der Waals surface area contributed by atoms with Gasteiger partial charge in [-0.1, -0.05) is 18.2 Å². The summed E-state index contributed by atoms with van der Waals surface area (Å²) in [6, 6.07) is 9.43. The highest BCUT2D eigenvalue weighted by atomic mass is 32.2. The minimum Gasteiger partial charge on any atom is -0.326 e. The fourth-order valence-electron chi connectivity index (χ4n) is 4.13. The molecule has 2 aromatic rings. The van der Waals surface area contributed by atoms with Crippen molar-refractivity contribution in [3.05, 3.63) is 48.3 Å². The second-order valence-electron chi connectivity index (χ2n) is 7.23. The summed E-state index contributed by atoms with van der Waals surface area (Å²) in [5.41, 5.74) is 2.13. The first-order valence-electron chi connectivity index (χ1n) is 9.21. The molecule has 8 heteroatoms. The zero-order valence-electron chi connectivity index (χ0n) is 14.9. The van der Waals surface area contributed by atoms with E-state index in [1.165, 1.54) is 0 Å². The molecule has 3 aliphatic rings. The molecule has 0 saturated carbocycles. The predicted molar refractivity (Wildman–Crippen MR) is 102 cm³/mol. The van der Waals surface area contributed by atoms with Crippen LogP contribution in [0.25, 0.3) is 5.69 Å². The zero-order chi connectivity index (χ0) is 18.4. The fourth-order valence-corrected chi connectivity index (χ4v) is 5.28. The number of rotatable bonds is 3. The van der Waals surface area contributed by atoms with Gasteiger partial charge in [0, 0.05) is 43.7 Å². The van der Waals surface area contributed by atoms with Gasteiger partial charge in [-0.25, -0.2) is 4.68 Å². The molecule has 0 radical (unpaired) electrons. The van der Waals surface area contributed by atoms with E-state index in [0.29, 0.717) is 19.0 Å². The Bertz CT molecular complexity index is 870. The summed E-state index contributed by atoms with van der Waals surface area (Å²) in [5.74, 6) is 1.61. The number of benzene rings is 1. The van der Waals surface area contributed by atoms with Crippen molar-refractivity contribution < 1.29 is 9.59 Å². The van der Waals surface area contributed by atoms with E-state index in [2.05, 4.69) is 10.00 Å². The third-order valence-electron chi connectivity index (χ3n) is 5.55. The number of carbonyl (C=O) groups excluding carboxylic acids is 2. The first-order chi connectivity index (χ1) is 13.2. The van der Waals surface area contributed by atoms with E-state index in [1.807, 2.05) is 47.4 Å². The maximum atomic E-state index is 12.8. The summed E-state index contributed by atoms with van der Waals surface area (Å²) in [5, 5.41) is 4.45. The number of thioether (sulfide) groups is 1. The van der Waals surface area contributed by atoms with Crippen molar-refractivity contribution in [3.63, 3.8) is 0 Å². The van der Waals surface area contributed by atoms with Gasteiger partial charge in [-0.05, 0) is 12.1 Å². The molecule has 0 unspecified atom stereocenters. The van der Waals surface area contributed by atoms with Crippen LogP contribution in [0, 0.1) is 0 Å². The number of fused-ring (bicyclic) bond motifs is 2. The normalized spacial score (nSPS) is 25.6. The van der Waals surface area contributed by atoms with Crippen LogP contribution in [0.2, 0.25) is 0 Å². The minimum atomic E-state index is -0.342. The molecule has 7 nitrogen and oxygen atoms in total. The molecule has 3 fully saturated rings. The van der Waals surface area contributed by atoms with Crippen LogP contribution < -0.4 is 0 Å². The molecular formula is C19H21N5O2S. The molecule has 27 heavy (non-hydrogen) atoms. The monoisotopic (exact) mass is 383 g/mol. The summed E-state index contributed by atoms with van der Waals surface area (Å²) >= 11 is 1.67. The number of amides is 2. The Morgan fingerprint density at radius 3 is 2.70 bits per heavy atom. The second-order valence-corrected chi connectivity index (χ2v) is 8.23. The number of piperazine rings is 2. The second kappa shape index (κ2) is 6.69. The lowest BCUT2D eigenvalue weighted by atomic mass is 10.0. The molecule has 1 aromatic carbocycles. The first kappa shape index (κ1) is 16.8. The molecule has 2 atom stereocenters. The van der Waals surface area contributed by atoms with Crippen molar-refractivity contribution >= 4 is 23.6 Å². The van der Waals surface area contributed by atoms with Gasteiger partial charge in [-0.2, -0.15) is 5.10 Å². The van der Waals surface area contributed by atoms with Crippen LogP contribution in [0.15, 0.2) is 42.7 Å². The van der Waals surface area contributed by atoms with Crippen molar-refractivity contribution in [2.24, 2.45) is 0 Å². The Balaban J connectivity index is 1.29. The average molecular weight is 383 g/mol. The number of aromatic nitrogens is 2. The van der Waals surface area contributed by atoms with E-state index in [-0.39, 0.29) is 23.9 Å². The van der Waals surface area contributed by atoms with Crippen LogP contribution in [0.5, 0.6) is 0 Å². The molecule has 3 saturated heterocycles. The lowest BCUT2D eigenvalue weighted by Gasteiger charge is -2.47. The van der Waals surface area contributed by atoms with E-state index in [4.69, 9.17) is 0 Å². The third kappa shape index (κ3) is 2.93. The van der Waals surface area contributed by atoms with E-state index >= 15 is 0 Å². The number of para-hydroxylation sites is 1. The molecule has 3 aliphatic heterocycles. The Labute approximate surface area is 161 Å². The Hall–Kier alpha value is -2.32. The Kier molecular flexibility index (Phi) is 4.17. The lowest BCUT2D eigenvalue weighted by Crippen LogP contribution is -2.69. The minimum absolute atomic E-state index is 0.106. The highest BCUT2D eigenvalue weighted by Crippen LogP contribution is 2.30. The van der Waals surface area contributed by atoms with Crippen LogP contribution >= 0.6 is 11.8 Å². The van der Waals surface area contributed by atoms with Gasteiger partial charge in [-0.3, -0.25) is 14.5 Å². The van der Waals surface area contributed by atoms with Crippen LogP contribution in [-0.2, 0) is 16.1 Å². The molecule has 0 aliphatic carbocycles. The quantitative estimate of drug-likeness (QED) is 0.785. The average Bonchev–Trinajstić information content (AvgIpc) is 3.37. The first-order valence-corrected chi connectivity index (χ1v) is 10.4. The predicted octanol–water partition coefficient (Wildman–Crippen LogP) is 0.800. The number of hydrogen-bond donors (Lipinski definition) is 0. The molecule has 2 amide bonds. The molecule has 0 spiro atoms. The van der Waals surface area contributed by atoms with Crippen molar-refractivity contribution in [1.29, 1.82) is 0 Å². The van der Waals surface area contributed by atoms with Crippen LogP contribution in [-0.4, -0.2) is 79.6 Å². The molecular weight excluding hydrogens is 362 g/mol. The molecule has 140 valence electrons. The Morgan fingerprint density at radius 1 is 1.04 bits per heavy atom. The van der Waals surface area contributed by atoms with Gasteiger partial charge in [0.25, 0.3) is 0 Å². The summed E-state index contributed by atoms with van der Waals surface area (Å²) < 4.78 is 1.87. The smallest absolute Gasteiger partial charge is 0.248 e. The Morgan fingerprint density at radius 2 is 1.85 bits per heavy atom. The SMILES string of the molecule is O=C1[C@@H]2CSCN2C(=O)[C@H]2CN(Cc3cnn(-c4ccccc4)c3)CCN12. The summed E-state index contributed by atoms with van der Waals surface area (Å²) in [7, 11) is 0. The number of hydrogen-bond acceptors (Lipinski definition) is 5. The summed E-state index contributed by atoms with van der Waals surface area (Å²) in [6.07, 6.45) is 3.91. The van der Waals surface area contributed by atoms with Gasteiger partial charge in [0.05, 0.1) is 17.8 Å². The van der Waals surface area contributed by atoms with Gasteiger partial charge >= 0.3 is 0 Å². The number of carbonyl (C=O) groups is 2. The van der Waals surface area contributed by atoms with E-state index in [0.717, 1.165) is 30.1 Å². The lowest BCUT2D eigenvalue weighted by molar-refractivity contribution is -0.162. The highest BCUT2D eigenvalue weighted by molar-refractivity contribution is 7.99. The highest BCUT2D eigenvalue weighted by Gasteiger charge is 2.49.